The fourth-order valence-electron chi connectivity index (χ4n) is 6.09. The molecule has 1 aromatic rings. The number of para-hydroxylation sites is 1. The number of fused-ring (bicyclic) bond motifs is 1. The predicted molar refractivity (Wildman–Crippen MR) is 128 cm³/mol. The van der Waals surface area contributed by atoms with E-state index >= 15 is 0 Å². The maximum Gasteiger partial charge on any atom is 0.244 e. The van der Waals surface area contributed by atoms with Gasteiger partial charge in [0.2, 0.25) is 17.7 Å². The molecular weight excluding hydrogens is 416 g/mol. The third-order valence-electron chi connectivity index (χ3n) is 8.16. The van der Waals surface area contributed by atoms with E-state index in [1.807, 2.05) is 29.2 Å². The number of amides is 3. The standard InChI is InChI=1S/C26H38N4O3/c1-17(2)19-8-10-20(11-9-19)28-14-12-21(13-15-28)29-24-7-5-4-6-22(24)23(26(29)33)16-25(32)30(27)18(3)31/h4-7,17,19-21,23H,8-16,27H2,1-3H3. The maximum absolute atomic E-state index is 13.5. The summed E-state index contributed by atoms with van der Waals surface area (Å²) in [6, 6.07) is 8.55. The van der Waals surface area contributed by atoms with Crippen LogP contribution in [0.15, 0.2) is 24.3 Å². The zero-order chi connectivity index (χ0) is 23.7. The Hall–Kier alpha value is -2.25. The van der Waals surface area contributed by atoms with E-state index in [1.165, 1.54) is 32.6 Å². The SMILES string of the molecule is CC(=O)N(N)C(=O)CC1C(=O)N(C2CCN(C3CCC(C(C)C)CC3)CC2)c2ccccc21. The van der Waals surface area contributed by atoms with Gasteiger partial charge < -0.3 is 9.80 Å². The first-order valence-electron chi connectivity index (χ1n) is 12.5. The fraction of sp³-hybridized carbons (Fsp3) is 0.654. The number of hydrogen-bond acceptors (Lipinski definition) is 5. The lowest BCUT2D eigenvalue weighted by Gasteiger charge is -2.43. The number of carbonyl (C=O) groups excluding carboxylic acids is 3. The van der Waals surface area contributed by atoms with Crippen molar-refractivity contribution in [2.45, 2.75) is 83.7 Å². The van der Waals surface area contributed by atoms with E-state index in [0.29, 0.717) is 11.1 Å². The van der Waals surface area contributed by atoms with E-state index in [0.717, 1.165) is 49.0 Å². The number of hydrogen-bond donors (Lipinski definition) is 1. The molecule has 0 bridgehead atoms. The molecule has 1 unspecified atom stereocenters. The van der Waals surface area contributed by atoms with Gasteiger partial charge in [0.15, 0.2) is 0 Å². The zero-order valence-corrected chi connectivity index (χ0v) is 20.2. The lowest BCUT2D eigenvalue weighted by Crippen LogP contribution is -2.50. The van der Waals surface area contributed by atoms with Gasteiger partial charge in [-0.1, -0.05) is 32.0 Å². The molecule has 180 valence electrons. The van der Waals surface area contributed by atoms with Gasteiger partial charge in [0, 0.05) is 44.2 Å². The average molecular weight is 455 g/mol. The molecule has 0 radical (unpaired) electrons. The molecule has 0 aromatic heterocycles. The van der Waals surface area contributed by atoms with Gasteiger partial charge in [-0.25, -0.2) is 10.9 Å². The van der Waals surface area contributed by atoms with Crippen LogP contribution in [0, 0.1) is 11.8 Å². The Bertz CT molecular complexity index is 885. The highest BCUT2D eigenvalue weighted by Crippen LogP contribution is 2.42. The number of likely N-dealkylation sites (tertiary alicyclic amines) is 1. The minimum Gasteiger partial charge on any atom is -0.308 e. The number of nitrogens with zero attached hydrogens (tertiary/aromatic N) is 3. The van der Waals surface area contributed by atoms with Crippen molar-refractivity contribution in [3.8, 4) is 0 Å². The molecule has 1 aliphatic carbocycles. The van der Waals surface area contributed by atoms with E-state index in [1.54, 1.807) is 0 Å². The summed E-state index contributed by atoms with van der Waals surface area (Å²) >= 11 is 0. The van der Waals surface area contributed by atoms with Crippen LogP contribution in [0.4, 0.5) is 5.69 Å². The molecule has 3 aliphatic rings. The Balaban J connectivity index is 1.41. The molecular formula is C26H38N4O3. The van der Waals surface area contributed by atoms with Crippen LogP contribution in [0.2, 0.25) is 0 Å². The first-order valence-corrected chi connectivity index (χ1v) is 12.5. The molecule has 1 saturated heterocycles. The second-order valence-electron chi connectivity index (χ2n) is 10.4. The Morgan fingerprint density at radius 2 is 1.67 bits per heavy atom. The zero-order valence-electron chi connectivity index (χ0n) is 20.2. The molecule has 2 aliphatic heterocycles. The number of nitrogens with two attached hydrogens (primary N) is 1. The fourth-order valence-corrected chi connectivity index (χ4v) is 6.09. The third kappa shape index (κ3) is 4.85. The number of hydrazine groups is 1. The Morgan fingerprint density at radius 3 is 2.27 bits per heavy atom. The number of carbonyl (C=O) groups is 3. The summed E-state index contributed by atoms with van der Waals surface area (Å²) in [5.74, 6) is 5.57. The molecule has 2 fully saturated rings. The Kier molecular flexibility index (Phi) is 7.19. The Labute approximate surface area is 197 Å². The second kappa shape index (κ2) is 9.94. The average Bonchev–Trinajstić information content (AvgIpc) is 3.09. The van der Waals surface area contributed by atoms with E-state index in [2.05, 4.69) is 18.7 Å². The summed E-state index contributed by atoms with van der Waals surface area (Å²) in [5, 5.41) is 0.616. The molecule has 3 amide bonds. The summed E-state index contributed by atoms with van der Waals surface area (Å²) in [7, 11) is 0. The van der Waals surface area contributed by atoms with Crippen molar-refractivity contribution in [1.29, 1.82) is 0 Å². The summed E-state index contributed by atoms with van der Waals surface area (Å²) < 4.78 is 0. The first-order chi connectivity index (χ1) is 15.8. The van der Waals surface area contributed by atoms with Crippen molar-refractivity contribution in [3.05, 3.63) is 29.8 Å². The van der Waals surface area contributed by atoms with Crippen LogP contribution < -0.4 is 10.7 Å². The molecule has 1 atom stereocenters. The predicted octanol–water partition coefficient (Wildman–Crippen LogP) is 3.43. The number of piperidine rings is 1. The van der Waals surface area contributed by atoms with E-state index in [9.17, 15) is 14.4 Å². The van der Waals surface area contributed by atoms with Crippen molar-refractivity contribution in [2.24, 2.45) is 17.7 Å². The molecule has 7 heteroatoms. The Morgan fingerprint density at radius 1 is 1.03 bits per heavy atom. The van der Waals surface area contributed by atoms with Crippen LogP contribution in [-0.2, 0) is 14.4 Å². The number of anilines is 1. The van der Waals surface area contributed by atoms with Crippen molar-refractivity contribution >= 4 is 23.4 Å². The van der Waals surface area contributed by atoms with Gasteiger partial charge >= 0.3 is 0 Å². The third-order valence-corrected chi connectivity index (χ3v) is 8.16. The van der Waals surface area contributed by atoms with Gasteiger partial charge in [0.05, 0.1) is 5.92 Å². The van der Waals surface area contributed by atoms with E-state index < -0.39 is 17.7 Å². The largest absolute Gasteiger partial charge is 0.308 e. The van der Waals surface area contributed by atoms with Crippen LogP contribution in [0.1, 0.15) is 77.2 Å². The van der Waals surface area contributed by atoms with Gasteiger partial charge in [0.1, 0.15) is 0 Å². The first kappa shape index (κ1) is 23.9. The number of benzene rings is 1. The molecule has 2 heterocycles. The van der Waals surface area contributed by atoms with Crippen molar-refractivity contribution in [2.75, 3.05) is 18.0 Å². The normalized spacial score (nSPS) is 26.5. The summed E-state index contributed by atoms with van der Waals surface area (Å²) in [5.41, 5.74) is 1.77. The molecule has 0 spiro atoms. The highest BCUT2D eigenvalue weighted by atomic mass is 16.2. The smallest absolute Gasteiger partial charge is 0.244 e. The van der Waals surface area contributed by atoms with Gasteiger partial charge in [-0.3, -0.25) is 14.4 Å². The van der Waals surface area contributed by atoms with Crippen molar-refractivity contribution < 1.29 is 14.4 Å². The lowest BCUT2D eigenvalue weighted by atomic mass is 9.79. The molecule has 1 aromatic carbocycles. The van der Waals surface area contributed by atoms with Crippen molar-refractivity contribution in [1.82, 2.24) is 9.91 Å². The minimum absolute atomic E-state index is 0.0441. The molecule has 7 nitrogen and oxygen atoms in total. The second-order valence-corrected chi connectivity index (χ2v) is 10.4. The molecule has 4 rings (SSSR count). The van der Waals surface area contributed by atoms with Crippen LogP contribution >= 0.6 is 0 Å². The van der Waals surface area contributed by atoms with Gasteiger partial charge in [-0.2, -0.15) is 0 Å². The van der Waals surface area contributed by atoms with Crippen LogP contribution in [0.25, 0.3) is 0 Å². The van der Waals surface area contributed by atoms with Crippen LogP contribution in [-0.4, -0.2) is 52.8 Å². The summed E-state index contributed by atoms with van der Waals surface area (Å²) in [6.45, 7) is 7.95. The van der Waals surface area contributed by atoms with Gasteiger partial charge in [-0.15, -0.1) is 0 Å². The van der Waals surface area contributed by atoms with Gasteiger partial charge in [-0.05, 0) is 62.0 Å². The van der Waals surface area contributed by atoms with E-state index in [4.69, 9.17) is 5.84 Å². The minimum atomic E-state index is -0.580. The quantitative estimate of drug-likeness (QED) is 0.418. The lowest BCUT2D eigenvalue weighted by molar-refractivity contribution is -0.145. The highest BCUT2D eigenvalue weighted by Gasteiger charge is 2.43. The van der Waals surface area contributed by atoms with Crippen LogP contribution in [0.5, 0.6) is 0 Å². The molecule has 1 saturated carbocycles. The summed E-state index contributed by atoms with van der Waals surface area (Å²) in [4.78, 5) is 42.0. The monoisotopic (exact) mass is 454 g/mol. The maximum atomic E-state index is 13.5. The summed E-state index contributed by atoms with van der Waals surface area (Å²) in [6.07, 6.45) is 7.04. The van der Waals surface area contributed by atoms with Crippen molar-refractivity contribution in [3.63, 3.8) is 0 Å². The van der Waals surface area contributed by atoms with Crippen LogP contribution in [0.3, 0.4) is 0 Å². The highest BCUT2D eigenvalue weighted by molar-refractivity contribution is 6.08. The van der Waals surface area contributed by atoms with E-state index in [-0.39, 0.29) is 18.4 Å². The van der Waals surface area contributed by atoms with Gasteiger partial charge in [0.25, 0.3) is 0 Å². The number of rotatable bonds is 5. The topological polar surface area (TPSA) is 86.9 Å². The molecule has 33 heavy (non-hydrogen) atoms. The molecule has 2 N–H and O–H groups in total. The number of imide groups is 1.